The SMILES string of the molecule is Cc1ncc(C(=O)N2CCC3(CC2)Cc2cccc(c2)Oc2cccc(c2)CCNC3=O)c(C)n1. The van der Waals surface area contributed by atoms with Crippen LogP contribution in [-0.4, -0.2) is 46.3 Å². The average molecular weight is 471 g/mol. The van der Waals surface area contributed by atoms with Gasteiger partial charge in [0.05, 0.1) is 16.7 Å². The molecule has 2 aliphatic heterocycles. The topological polar surface area (TPSA) is 84.4 Å². The van der Waals surface area contributed by atoms with Gasteiger partial charge in [-0.2, -0.15) is 0 Å². The zero-order chi connectivity index (χ0) is 24.4. The van der Waals surface area contributed by atoms with Gasteiger partial charge in [-0.3, -0.25) is 9.59 Å². The van der Waals surface area contributed by atoms with Crippen molar-refractivity contribution in [3.05, 3.63) is 82.9 Å². The molecule has 2 amide bonds. The van der Waals surface area contributed by atoms with Crippen LogP contribution in [0.25, 0.3) is 0 Å². The van der Waals surface area contributed by atoms with Crippen molar-refractivity contribution < 1.29 is 14.3 Å². The number of carbonyl (C=O) groups excluding carboxylic acids is 2. The molecular formula is C28H30N4O3. The molecule has 4 bridgehead atoms. The smallest absolute Gasteiger partial charge is 0.257 e. The Hall–Kier alpha value is -3.74. The van der Waals surface area contributed by atoms with Crippen LogP contribution in [-0.2, 0) is 17.6 Å². The van der Waals surface area contributed by atoms with E-state index in [4.69, 9.17) is 4.74 Å². The Balaban J connectivity index is 1.39. The Morgan fingerprint density at radius 3 is 2.43 bits per heavy atom. The molecule has 5 rings (SSSR count). The van der Waals surface area contributed by atoms with Gasteiger partial charge in [-0.25, -0.2) is 9.97 Å². The second-order valence-corrected chi connectivity index (χ2v) is 9.57. The number of aromatic nitrogens is 2. The highest BCUT2D eigenvalue weighted by atomic mass is 16.5. The van der Waals surface area contributed by atoms with Crippen molar-refractivity contribution in [1.29, 1.82) is 0 Å². The summed E-state index contributed by atoms with van der Waals surface area (Å²) in [5.41, 5.74) is 2.79. The molecule has 2 aliphatic rings. The van der Waals surface area contributed by atoms with Crippen LogP contribution >= 0.6 is 0 Å². The van der Waals surface area contributed by atoms with Gasteiger partial charge in [0.15, 0.2) is 0 Å². The predicted molar refractivity (Wildman–Crippen MR) is 132 cm³/mol. The fraction of sp³-hybridized carbons (Fsp3) is 0.357. The molecule has 1 fully saturated rings. The van der Waals surface area contributed by atoms with Gasteiger partial charge < -0.3 is 15.0 Å². The van der Waals surface area contributed by atoms with Gasteiger partial charge in [0.1, 0.15) is 17.3 Å². The minimum Gasteiger partial charge on any atom is -0.457 e. The summed E-state index contributed by atoms with van der Waals surface area (Å²) in [6.07, 6.45) is 4.12. The molecular weight excluding hydrogens is 440 g/mol. The van der Waals surface area contributed by atoms with Gasteiger partial charge >= 0.3 is 0 Å². The summed E-state index contributed by atoms with van der Waals surface area (Å²) in [6.45, 7) is 5.23. The number of rotatable bonds is 1. The first-order valence-electron chi connectivity index (χ1n) is 12.2. The molecule has 0 saturated carbocycles. The van der Waals surface area contributed by atoms with E-state index in [9.17, 15) is 9.59 Å². The number of nitrogens with one attached hydrogen (secondary N) is 1. The lowest BCUT2D eigenvalue weighted by Crippen LogP contribution is -2.51. The lowest BCUT2D eigenvalue weighted by molar-refractivity contribution is -0.133. The summed E-state index contributed by atoms with van der Waals surface area (Å²) < 4.78 is 6.12. The van der Waals surface area contributed by atoms with Crippen molar-refractivity contribution in [2.24, 2.45) is 5.41 Å². The minimum absolute atomic E-state index is 0.0566. The Bertz CT molecular complexity index is 1260. The minimum atomic E-state index is -0.582. The van der Waals surface area contributed by atoms with E-state index < -0.39 is 5.41 Å². The summed E-state index contributed by atoms with van der Waals surface area (Å²) in [5.74, 6) is 2.19. The molecule has 3 aromatic rings. The Morgan fingerprint density at radius 1 is 1.03 bits per heavy atom. The molecule has 1 saturated heterocycles. The van der Waals surface area contributed by atoms with Crippen LogP contribution in [0.4, 0.5) is 0 Å². The second-order valence-electron chi connectivity index (χ2n) is 9.57. The third-order valence-corrected chi connectivity index (χ3v) is 7.09. The summed E-state index contributed by atoms with van der Waals surface area (Å²) in [7, 11) is 0. The lowest BCUT2D eigenvalue weighted by atomic mass is 9.72. The van der Waals surface area contributed by atoms with Gasteiger partial charge in [0.2, 0.25) is 5.91 Å². The van der Waals surface area contributed by atoms with Gasteiger partial charge in [-0.1, -0.05) is 24.3 Å². The average Bonchev–Trinajstić information content (AvgIpc) is 2.84. The van der Waals surface area contributed by atoms with Crippen LogP contribution in [0.1, 0.15) is 45.8 Å². The Morgan fingerprint density at radius 2 is 1.71 bits per heavy atom. The molecule has 7 nitrogen and oxygen atoms in total. The zero-order valence-electron chi connectivity index (χ0n) is 20.2. The molecule has 0 radical (unpaired) electrons. The second kappa shape index (κ2) is 9.49. The van der Waals surface area contributed by atoms with Crippen LogP contribution in [0.5, 0.6) is 11.5 Å². The molecule has 35 heavy (non-hydrogen) atoms. The standard InChI is InChI=1S/C28H30N4O3/c1-19-25(18-30-20(2)31-19)26(33)32-13-10-28(11-14-32)17-22-6-4-8-24(16-22)35-23-7-3-5-21(15-23)9-12-29-27(28)34/h3-8,15-16,18H,9-14,17H2,1-2H3,(H,29,34). The fourth-order valence-corrected chi connectivity index (χ4v) is 5.10. The molecule has 180 valence electrons. The summed E-state index contributed by atoms with van der Waals surface area (Å²) in [5, 5.41) is 3.19. The Kier molecular flexibility index (Phi) is 6.24. The summed E-state index contributed by atoms with van der Waals surface area (Å²) in [4.78, 5) is 37.1. The number of nitrogens with zero attached hydrogens (tertiary/aromatic N) is 3. The number of aryl methyl sites for hydroxylation is 2. The van der Waals surface area contributed by atoms with Crippen molar-refractivity contribution >= 4 is 11.8 Å². The predicted octanol–water partition coefficient (Wildman–Crippen LogP) is 4.02. The first-order valence-corrected chi connectivity index (χ1v) is 12.2. The molecule has 3 heterocycles. The number of amides is 2. The summed E-state index contributed by atoms with van der Waals surface area (Å²) in [6, 6.07) is 16.0. The molecule has 0 atom stereocenters. The highest BCUT2D eigenvalue weighted by molar-refractivity contribution is 5.95. The van der Waals surface area contributed by atoms with Crippen molar-refractivity contribution in [2.45, 2.75) is 39.5 Å². The van der Waals surface area contributed by atoms with Crippen LogP contribution < -0.4 is 10.1 Å². The molecule has 0 aliphatic carbocycles. The van der Waals surface area contributed by atoms with Crippen LogP contribution in [0, 0.1) is 19.3 Å². The van der Waals surface area contributed by atoms with E-state index in [1.165, 1.54) is 0 Å². The van der Waals surface area contributed by atoms with Crippen LogP contribution in [0.15, 0.2) is 54.7 Å². The maximum Gasteiger partial charge on any atom is 0.257 e. The number of benzene rings is 2. The van der Waals surface area contributed by atoms with Crippen molar-refractivity contribution in [2.75, 3.05) is 19.6 Å². The fourth-order valence-electron chi connectivity index (χ4n) is 5.10. The number of likely N-dealkylation sites (tertiary alicyclic amines) is 1. The van der Waals surface area contributed by atoms with E-state index in [0.29, 0.717) is 56.0 Å². The van der Waals surface area contributed by atoms with Gasteiger partial charge in [-0.05, 0) is 74.9 Å². The molecule has 1 N–H and O–H groups in total. The van der Waals surface area contributed by atoms with E-state index in [2.05, 4.69) is 15.3 Å². The van der Waals surface area contributed by atoms with E-state index in [1.807, 2.05) is 67.3 Å². The molecule has 0 unspecified atom stereocenters. The van der Waals surface area contributed by atoms with Gasteiger partial charge in [-0.15, -0.1) is 0 Å². The number of piperidine rings is 1. The van der Waals surface area contributed by atoms with Crippen molar-refractivity contribution in [1.82, 2.24) is 20.2 Å². The number of hydrogen-bond donors (Lipinski definition) is 1. The Labute approximate surface area is 205 Å². The van der Waals surface area contributed by atoms with E-state index in [1.54, 1.807) is 6.20 Å². The van der Waals surface area contributed by atoms with E-state index >= 15 is 0 Å². The molecule has 2 aromatic carbocycles. The lowest BCUT2D eigenvalue weighted by Gasteiger charge is -2.41. The van der Waals surface area contributed by atoms with Gasteiger partial charge in [0.25, 0.3) is 5.91 Å². The monoisotopic (exact) mass is 470 g/mol. The van der Waals surface area contributed by atoms with Crippen molar-refractivity contribution in [3.63, 3.8) is 0 Å². The van der Waals surface area contributed by atoms with Crippen LogP contribution in [0.3, 0.4) is 0 Å². The van der Waals surface area contributed by atoms with E-state index in [0.717, 1.165) is 29.0 Å². The molecule has 1 spiro atoms. The summed E-state index contributed by atoms with van der Waals surface area (Å²) >= 11 is 0. The first-order chi connectivity index (χ1) is 16.9. The van der Waals surface area contributed by atoms with Crippen molar-refractivity contribution in [3.8, 4) is 11.5 Å². The number of fused-ring (bicyclic) bond motifs is 4. The number of hydrogen-bond acceptors (Lipinski definition) is 5. The largest absolute Gasteiger partial charge is 0.457 e. The quantitative estimate of drug-likeness (QED) is 0.581. The third kappa shape index (κ3) is 4.90. The number of carbonyl (C=O) groups is 2. The maximum absolute atomic E-state index is 13.6. The van der Waals surface area contributed by atoms with E-state index in [-0.39, 0.29) is 11.8 Å². The van der Waals surface area contributed by atoms with Crippen LogP contribution in [0.2, 0.25) is 0 Å². The van der Waals surface area contributed by atoms with Gasteiger partial charge in [0, 0.05) is 25.8 Å². The highest BCUT2D eigenvalue weighted by Crippen LogP contribution is 2.37. The molecule has 1 aromatic heterocycles. The highest BCUT2D eigenvalue weighted by Gasteiger charge is 2.42. The third-order valence-electron chi connectivity index (χ3n) is 7.09. The number of ether oxygens (including phenoxy) is 1. The first kappa shape index (κ1) is 23.0. The normalized spacial score (nSPS) is 17.4. The zero-order valence-corrected chi connectivity index (χ0v) is 20.2. The maximum atomic E-state index is 13.6. The molecule has 7 heteroatoms.